The number of aryl methyl sites for hydroxylation is 1. The zero-order valence-corrected chi connectivity index (χ0v) is 12.5. The minimum absolute atomic E-state index is 0.338. The molecule has 2 aromatic heterocycles. The molecule has 108 valence electrons. The fourth-order valence-corrected chi connectivity index (χ4v) is 2.43. The molecule has 0 bridgehead atoms. The lowest BCUT2D eigenvalue weighted by Gasteiger charge is -2.14. The molecule has 4 heteroatoms. The first-order chi connectivity index (χ1) is 10.2. The Morgan fingerprint density at radius 1 is 1.10 bits per heavy atom. The molecule has 1 unspecified atom stereocenters. The molecule has 2 heterocycles. The van der Waals surface area contributed by atoms with E-state index in [2.05, 4.69) is 53.6 Å². The summed E-state index contributed by atoms with van der Waals surface area (Å²) >= 11 is 0. The van der Waals surface area contributed by atoms with Gasteiger partial charge >= 0.3 is 0 Å². The van der Waals surface area contributed by atoms with Crippen molar-refractivity contribution in [3.63, 3.8) is 0 Å². The van der Waals surface area contributed by atoms with E-state index in [0.29, 0.717) is 6.04 Å². The largest absolute Gasteiger partial charge is 0.310 e. The van der Waals surface area contributed by atoms with Crippen LogP contribution in [-0.4, -0.2) is 21.1 Å². The van der Waals surface area contributed by atoms with Gasteiger partial charge in [0.25, 0.3) is 0 Å². The van der Waals surface area contributed by atoms with Crippen LogP contribution in [0.3, 0.4) is 0 Å². The molecule has 0 saturated heterocycles. The highest BCUT2D eigenvalue weighted by Gasteiger charge is 2.07. The van der Waals surface area contributed by atoms with Crippen molar-refractivity contribution in [2.75, 3.05) is 6.54 Å². The Balaban J connectivity index is 1.59. The summed E-state index contributed by atoms with van der Waals surface area (Å²) in [6.45, 7) is 5.18. The zero-order valence-electron chi connectivity index (χ0n) is 12.5. The van der Waals surface area contributed by atoms with E-state index in [1.165, 1.54) is 11.1 Å². The fourth-order valence-electron chi connectivity index (χ4n) is 2.43. The van der Waals surface area contributed by atoms with Gasteiger partial charge in [-0.3, -0.25) is 4.40 Å². The number of nitrogens with one attached hydrogen (secondary N) is 1. The number of hydrogen-bond donors (Lipinski definition) is 1. The van der Waals surface area contributed by atoms with Gasteiger partial charge in [-0.05, 0) is 31.5 Å². The third-order valence-corrected chi connectivity index (χ3v) is 3.76. The molecule has 0 aliphatic carbocycles. The fraction of sp³-hybridized carbons (Fsp3) is 0.294. The van der Waals surface area contributed by atoms with Crippen LogP contribution in [0, 0.1) is 6.92 Å². The summed E-state index contributed by atoms with van der Waals surface area (Å²) in [6, 6.07) is 15.0. The molecule has 0 saturated carbocycles. The lowest BCUT2D eigenvalue weighted by molar-refractivity contribution is 0.568. The maximum atomic E-state index is 4.25. The smallest absolute Gasteiger partial charge is 0.160 e. The van der Waals surface area contributed by atoms with Crippen LogP contribution in [0.25, 0.3) is 5.65 Å². The Labute approximate surface area is 124 Å². The first kappa shape index (κ1) is 13.8. The SMILES string of the molecule is Cc1ccc(C(C)NCCc2nnc3ccccn23)cc1. The van der Waals surface area contributed by atoms with Gasteiger partial charge in [0.2, 0.25) is 0 Å². The van der Waals surface area contributed by atoms with Crippen molar-refractivity contribution in [1.29, 1.82) is 0 Å². The van der Waals surface area contributed by atoms with Gasteiger partial charge in [-0.1, -0.05) is 35.9 Å². The van der Waals surface area contributed by atoms with Crippen molar-refractivity contribution >= 4 is 5.65 Å². The van der Waals surface area contributed by atoms with Crippen LogP contribution >= 0.6 is 0 Å². The molecule has 0 radical (unpaired) electrons. The second-order valence-corrected chi connectivity index (χ2v) is 5.38. The van der Waals surface area contributed by atoms with Crippen molar-refractivity contribution in [1.82, 2.24) is 19.9 Å². The summed E-state index contributed by atoms with van der Waals surface area (Å²) in [7, 11) is 0. The molecule has 1 atom stereocenters. The predicted molar refractivity (Wildman–Crippen MR) is 84.3 cm³/mol. The molecule has 0 spiro atoms. The highest BCUT2D eigenvalue weighted by Crippen LogP contribution is 2.13. The molecule has 1 aromatic carbocycles. The Morgan fingerprint density at radius 3 is 2.71 bits per heavy atom. The van der Waals surface area contributed by atoms with Crippen LogP contribution in [0.4, 0.5) is 0 Å². The van der Waals surface area contributed by atoms with Crippen molar-refractivity contribution in [3.8, 4) is 0 Å². The van der Waals surface area contributed by atoms with E-state index < -0.39 is 0 Å². The molecular weight excluding hydrogens is 260 g/mol. The standard InChI is InChI=1S/C17H20N4/c1-13-6-8-15(9-7-13)14(2)18-11-10-17-20-19-16-5-3-4-12-21(16)17/h3-9,12,14,18H,10-11H2,1-2H3. The molecular formula is C17H20N4. The van der Waals surface area contributed by atoms with E-state index in [1.54, 1.807) is 0 Å². The molecule has 4 nitrogen and oxygen atoms in total. The van der Waals surface area contributed by atoms with Gasteiger partial charge in [0.05, 0.1) is 0 Å². The van der Waals surface area contributed by atoms with Gasteiger partial charge in [0, 0.05) is 25.2 Å². The maximum Gasteiger partial charge on any atom is 0.160 e. The number of benzene rings is 1. The van der Waals surface area contributed by atoms with E-state index in [0.717, 1.165) is 24.4 Å². The van der Waals surface area contributed by atoms with Crippen molar-refractivity contribution in [2.45, 2.75) is 26.3 Å². The van der Waals surface area contributed by atoms with Crippen LogP contribution in [0.5, 0.6) is 0 Å². The summed E-state index contributed by atoms with van der Waals surface area (Å²) < 4.78 is 2.04. The van der Waals surface area contributed by atoms with Crippen LogP contribution in [-0.2, 0) is 6.42 Å². The third kappa shape index (κ3) is 3.11. The average molecular weight is 280 g/mol. The van der Waals surface area contributed by atoms with Gasteiger partial charge in [0.1, 0.15) is 5.82 Å². The van der Waals surface area contributed by atoms with Gasteiger partial charge < -0.3 is 5.32 Å². The predicted octanol–water partition coefficient (Wildman–Crippen LogP) is 2.93. The van der Waals surface area contributed by atoms with Gasteiger partial charge in [-0.25, -0.2) is 0 Å². The zero-order chi connectivity index (χ0) is 14.7. The highest BCUT2D eigenvalue weighted by atomic mass is 15.2. The molecule has 0 aliphatic rings. The Hall–Kier alpha value is -2.20. The van der Waals surface area contributed by atoms with Crippen molar-refractivity contribution < 1.29 is 0 Å². The highest BCUT2D eigenvalue weighted by molar-refractivity contribution is 5.37. The van der Waals surface area contributed by atoms with E-state index in [4.69, 9.17) is 0 Å². The monoisotopic (exact) mass is 280 g/mol. The second kappa shape index (κ2) is 6.06. The van der Waals surface area contributed by atoms with Crippen LogP contribution in [0.1, 0.15) is 29.9 Å². The number of aromatic nitrogens is 3. The molecule has 3 aromatic rings. The van der Waals surface area contributed by atoms with Crippen molar-refractivity contribution in [2.24, 2.45) is 0 Å². The van der Waals surface area contributed by atoms with Gasteiger partial charge in [-0.15, -0.1) is 10.2 Å². The molecule has 0 aliphatic heterocycles. The van der Waals surface area contributed by atoms with Gasteiger partial charge in [-0.2, -0.15) is 0 Å². The molecule has 1 N–H and O–H groups in total. The van der Waals surface area contributed by atoms with E-state index in [9.17, 15) is 0 Å². The normalized spacial score (nSPS) is 12.7. The van der Waals surface area contributed by atoms with E-state index in [1.807, 2.05) is 28.8 Å². The Kier molecular flexibility index (Phi) is 3.97. The lowest BCUT2D eigenvalue weighted by Crippen LogP contribution is -2.22. The number of nitrogens with zero attached hydrogens (tertiary/aromatic N) is 3. The van der Waals surface area contributed by atoms with Crippen molar-refractivity contribution in [3.05, 3.63) is 65.6 Å². The minimum Gasteiger partial charge on any atom is -0.310 e. The molecule has 0 fully saturated rings. The molecule has 3 rings (SSSR count). The van der Waals surface area contributed by atoms with Crippen LogP contribution < -0.4 is 5.32 Å². The Bertz CT molecular complexity index is 715. The van der Waals surface area contributed by atoms with Crippen LogP contribution in [0.2, 0.25) is 0 Å². The number of rotatable bonds is 5. The van der Waals surface area contributed by atoms with E-state index >= 15 is 0 Å². The number of fused-ring (bicyclic) bond motifs is 1. The maximum absolute atomic E-state index is 4.25. The van der Waals surface area contributed by atoms with Crippen LogP contribution in [0.15, 0.2) is 48.7 Å². The molecule has 21 heavy (non-hydrogen) atoms. The summed E-state index contributed by atoms with van der Waals surface area (Å²) in [5.41, 5.74) is 3.51. The summed E-state index contributed by atoms with van der Waals surface area (Å²) in [6.07, 6.45) is 2.87. The first-order valence-electron chi connectivity index (χ1n) is 7.32. The number of pyridine rings is 1. The second-order valence-electron chi connectivity index (χ2n) is 5.38. The Morgan fingerprint density at radius 2 is 1.90 bits per heavy atom. The summed E-state index contributed by atoms with van der Waals surface area (Å²) in [4.78, 5) is 0. The quantitative estimate of drug-likeness (QED) is 0.781. The van der Waals surface area contributed by atoms with Gasteiger partial charge in [0.15, 0.2) is 5.65 Å². The third-order valence-electron chi connectivity index (χ3n) is 3.76. The summed E-state index contributed by atoms with van der Waals surface area (Å²) in [5.74, 6) is 0.995. The minimum atomic E-state index is 0.338. The first-order valence-corrected chi connectivity index (χ1v) is 7.32. The summed E-state index contributed by atoms with van der Waals surface area (Å²) in [5, 5.41) is 12.0. The average Bonchev–Trinajstić information content (AvgIpc) is 2.91. The number of hydrogen-bond acceptors (Lipinski definition) is 3. The topological polar surface area (TPSA) is 42.2 Å². The lowest BCUT2D eigenvalue weighted by atomic mass is 10.1. The molecule has 0 amide bonds. The van der Waals surface area contributed by atoms with E-state index in [-0.39, 0.29) is 0 Å².